The molecular formula is C11H14N2O. The number of nitrogens with zero attached hydrogens (tertiary/aromatic N) is 1. The molecule has 3 heteroatoms. The van der Waals surface area contributed by atoms with Gasteiger partial charge in [0.2, 0.25) is 0 Å². The molecule has 3 nitrogen and oxygen atoms in total. The molecule has 0 aliphatic heterocycles. The number of benzene rings is 1. The number of carbonyl (C=O) groups excluding carboxylic acids is 1. The van der Waals surface area contributed by atoms with Gasteiger partial charge in [-0.25, -0.2) is 5.43 Å². The molecule has 0 radical (unpaired) electrons. The van der Waals surface area contributed by atoms with Gasteiger partial charge in [0.15, 0.2) is 0 Å². The van der Waals surface area contributed by atoms with E-state index in [9.17, 15) is 4.79 Å². The molecule has 0 atom stereocenters. The van der Waals surface area contributed by atoms with Crippen LogP contribution in [0.5, 0.6) is 0 Å². The van der Waals surface area contributed by atoms with Gasteiger partial charge in [-0.15, -0.1) is 0 Å². The maximum absolute atomic E-state index is 11.5. The third kappa shape index (κ3) is 2.69. The van der Waals surface area contributed by atoms with Gasteiger partial charge in [0, 0.05) is 11.8 Å². The summed E-state index contributed by atoms with van der Waals surface area (Å²) in [6, 6.07) is 7.43. The van der Waals surface area contributed by atoms with Gasteiger partial charge >= 0.3 is 0 Å². The fourth-order valence-corrected chi connectivity index (χ4v) is 1.08. The summed E-state index contributed by atoms with van der Waals surface area (Å²) in [5, 5.41) is 3.78. The van der Waals surface area contributed by atoms with Gasteiger partial charge in [0.05, 0.1) is 0 Å². The molecule has 0 aromatic heterocycles. The SMILES string of the molecule is CCC=NNC(=O)c1ccccc1C. The molecule has 0 heterocycles. The highest BCUT2D eigenvalue weighted by Crippen LogP contribution is 2.05. The molecule has 0 saturated carbocycles. The number of aryl methyl sites for hydroxylation is 1. The predicted octanol–water partition coefficient (Wildman–Crippen LogP) is 2.12. The molecule has 1 amide bonds. The average molecular weight is 190 g/mol. The van der Waals surface area contributed by atoms with E-state index in [1.54, 1.807) is 12.3 Å². The molecule has 74 valence electrons. The molecule has 14 heavy (non-hydrogen) atoms. The minimum Gasteiger partial charge on any atom is -0.267 e. The van der Waals surface area contributed by atoms with Crippen molar-refractivity contribution in [2.45, 2.75) is 20.3 Å². The average Bonchev–Trinajstić information content (AvgIpc) is 2.18. The lowest BCUT2D eigenvalue weighted by Gasteiger charge is -2.02. The summed E-state index contributed by atoms with van der Waals surface area (Å²) >= 11 is 0. The third-order valence-electron chi connectivity index (χ3n) is 1.83. The Labute approximate surface area is 83.8 Å². The smallest absolute Gasteiger partial charge is 0.267 e. The van der Waals surface area contributed by atoms with Crippen LogP contribution in [0.15, 0.2) is 29.4 Å². The molecule has 0 spiro atoms. The van der Waals surface area contributed by atoms with Crippen LogP contribution in [0, 0.1) is 6.92 Å². The first-order valence-electron chi connectivity index (χ1n) is 4.63. The summed E-state index contributed by atoms with van der Waals surface area (Å²) in [5.41, 5.74) is 4.09. The van der Waals surface area contributed by atoms with E-state index in [-0.39, 0.29) is 5.91 Å². The molecule has 0 saturated heterocycles. The first kappa shape index (κ1) is 10.4. The second-order valence-corrected chi connectivity index (χ2v) is 2.98. The van der Waals surface area contributed by atoms with Crippen molar-refractivity contribution in [2.24, 2.45) is 5.10 Å². The van der Waals surface area contributed by atoms with Crippen molar-refractivity contribution in [3.05, 3.63) is 35.4 Å². The highest BCUT2D eigenvalue weighted by atomic mass is 16.2. The normalized spacial score (nSPS) is 10.4. The Hall–Kier alpha value is -1.64. The summed E-state index contributed by atoms with van der Waals surface area (Å²) in [7, 11) is 0. The Morgan fingerprint density at radius 3 is 2.86 bits per heavy atom. The molecule has 1 rings (SSSR count). The summed E-state index contributed by atoms with van der Waals surface area (Å²) < 4.78 is 0. The van der Waals surface area contributed by atoms with Crippen molar-refractivity contribution < 1.29 is 4.79 Å². The molecule has 0 fully saturated rings. The van der Waals surface area contributed by atoms with Crippen molar-refractivity contribution in [1.82, 2.24) is 5.43 Å². The fraction of sp³-hybridized carbons (Fsp3) is 0.273. The van der Waals surface area contributed by atoms with Crippen LogP contribution in [-0.4, -0.2) is 12.1 Å². The van der Waals surface area contributed by atoms with E-state index in [2.05, 4.69) is 10.5 Å². The van der Waals surface area contributed by atoms with Crippen molar-refractivity contribution in [3.8, 4) is 0 Å². The Balaban J connectivity index is 2.70. The van der Waals surface area contributed by atoms with Gasteiger partial charge in [0.1, 0.15) is 0 Å². The van der Waals surface area contributed by atoms with E-state index in [0.29, 0.717) is 5.56 Å². The second-order valence-electron chi connectivity index (χ2n) is 2.98. The zero-order valence-corrected chi connectivity index (χ0v) is 8.45. The Morgan fingerprint density at radius 2 is 2.21 bits per heavy atom. The summed E-state index contributed by atoms with van der Waals surface area (Å²) in [5.74, 6) is -0.159. The first-order chi connectivity index (χ1) is 6.75. The lowest BCUT2D eigenvalue weighted by Crippen LogP contribution is -2.18. The summed E-state index contributed by atoms with van der Waals surface area (Å²) in [4.78, 5) is 11.5. The number of hydrogen-bond acceptors (Lipinski definition) is 2. The molecule has 1 aromatic carbocycles. The van der Waals surface area contributed by atoms with Crippen LogP contribution < -0.4 is 5.43 Å². The maximum atomic E-state index is 11.5. The molecule has 1 N–H and O–H groups in total. The van der Waals surface area contributed by atoms with E-state index in [1.165, 1.54) is 0 Å². The minimum atomic E-state index is -0.159. The third-order valence-corrected chi connectivity index (χ3v) is 1.83. The van der Waals surface area contributed by atoms with E-state index in [4.69, 9.17) is 0 Å². The van der Waals surface area contributed by atoms with Crippen LogP contribution in [0.4, 0.5) is 0 Å². The van der Waals surface area contributed by atoms with E-state index in [0.717, 1.165) is 12.0 Å². The van der Waals surface area contributed by atoms with Crippen LogP contribution in [0.3, 0.4) is 0 Å². The number of nitrogens with one attached hydrogen (secondary N) is 1. The van der Waals surface area contributed by atoms with Crippen molar-refractivity contribution in [1.29, 1.82) is 0 Å². The highest BCUT2D eigenvalue weighted by molar-refractivity contribution is 5.95. The zero-order chi connectivity index (χ0) is 10.4. The summed E-state index contributed by atoms with van der Waals surface area (Å²) in [6.45, 7) is 3.86. The Morgan fingerprint density at radius 1 is 1.50 bits per heavy atom. The van der Waals surface area contributed by atoms with Crippen LogP contribution in [0.1, 0.15) is 29.3 Å². The van der Waals surface area contributed by atoms with Crippen LogP contribution in [0.2, 0.25) is 0 Å². The lowest BCUT2D eigenvalue weighted by atomic mass is 10.1. The lowest BCUT2D eigenvalue weighted by molar-refractivity contribution is 0.0954. The number of hydrazone groups is 1. The van der Waals surface area contributed by atoms with Gasteiger partial charge in [-0.2, -0.15) is 5.10 Å². The Bertz CT molecular complexity index is 345. The number of rotatable bonds is 3. The van der Waals surface area contributed by atoms with Crippen LogP contribution in [0.25, 0.3) is 0 Å². The quantitative estimate of drug-likeness (QED) is 0.575. The standard InChI is InChI=1S/C11H14N2O/c1-3-8-12-13-11(14)10-7-5-4-6-9(10)2/h4-8H,3H2,1-2H3,(H,13,14). The van der Waals surface area contributed by atoms with E-state index >= 15 is 0 Å². The minimum absolute atomic E-state index is 0.159. The highest BCUT2D eigenvalue weighted by Gasteiger charge is 2.05. The number of carbonyl (C=O) groups is 1. The largest absolute Gasteiger partial charge is 0.271 e. The molecular weight excluding hydrogens is 176 g/mol. The van der Waals surface area contributed by atoms with E-state index in [1.807, 2.05) is 32.0 Å². The van der Waals surface area contributed by atoms with Gasteiger partial charge < -0.3 is 0 Å². The second kappa shape index (κ2) is 5.17. The van der Waals surface area contributed by atoms with Gasteiger partial charge in [0.25, 0.3) is 5.91 Å². The molecule has 0 aliphatic carbocycles. The number of amides is 1. The first-order valence-corrected chi connectivity index (χ1v) is 4.63. The van der Waals surface area contributed by atoms with Crippen molar-refractivity contribution in [2.75, 3.05) is 0 Å². The van der Waals surface area contributed by atoms with Crippen LogP contribution >= 0.6 is 0 Å². The van der Waals surface area contributed by atoms with Crippen molar-refractivity contribution in [3.63, 3.8) is 0 Å². The van der Waals surface area contributed by atoms with Gasteiger partial charge in [-0.05, 0) is 25.0 Å². The van der Waals surface area contributed by atoms with Gasteiger partial charge in [-0.1, -0.05) is 25.1 Å². The van der Waals surface area contributed by atoms with Gasteiger partial charge in [-0.3, -0.25) is 4.79 Å². The van der Waals surface area contributed by atoms with Crippen LogP contribution in [-0.2, 0) is 0 Å². The number of hydrogen-bond donors (Lipinski definition) is 1. The molecule has 1 aromatic rings. The molecule has 0 aliphatic rings. The zero-order valence-electron chi connectivity index (χ0n) is 8.45. The molecule has 0 unspecified atom stereocenters. The predicted molar refractivity (Wildman–Crippen MR) is 57.4 cm³/mol. The topological polar surface area (TPSA) is 41.5 Å². The monoisotopic (exact) mass is 190 g/mol. The molecule has 0 bridgehead atoms. The maximum Gasteiger partial charge on any atom is 0.271 e. The van der Waals surface area contributed by atoms with Crippen molar-refractivity contribution >= 4 is 12.1 Å². The van der Waals surface area contributed by atoms with E-state index < -0.39 is 0 Å². The summed E-state index contributed by atoms with van der Waals surface area (Å²) in [6.07, 6.45) is 2.48. The fourth-order valence-electron chi connectivity index (χ4n) is 1.08. The Kier molecular flexibility index (Phi) is 3.85.